The molecule has 0 spiro atoms. The lowest BCUT2D eigenvalue weighted by molar-refractivity contribution is 0.173. The lowest BCUT2D eigenvalue weighted by Gasteiger charge is -2.35. The number of anilines is 2. The number of nitrogens with two attached hydrogens (primary N) is 1. The number of nitrogens with one attached hydrogen (secondary N) is 1. The highest BCUT2D eigenvalue weighted by Crippen LogP contribution is 2.38. The summed E-state index contributed by atoms with van der Waals surface area (Å²) in [7, 11) is 0. The molecule has 11 nitrogen and oxygen atoms in total. The molecule has 3 N–H and O–H groups in total. The summed E-state index contributed by atoms with van der Waals surface area (Å²) >= 11 is 0. The van der Waals surface area contributed by atoms with Crippen molar-refractivity contribution in [2.75, 3.05) is 24.1 Å². The third kappa shape index (κ3) is 3.73. The van der Waals surface area contributed by atoms with Gasteiger partial charge in [0.2, 0.25) is 0 Å². The fourth-order valence-corrected chi connectivity index (χ4v) is 4.13. The van der Waals surface area contributed by atoms with Gasteiger partial charge in [-0.25, -0.2) is 4.98 Å². The van der Waals surface area contributed by atoms with Gasteiger partial charge in [0.25, 0.3) is 0 Å². The normalized spacial score (nSPS) is 17.7. The van der Waals surface area contributed by atoms with Crippen LogP contribution in [0.25, 0.3) is 16.1 Å². The number of aromatic nitrogens is 5. The van der Waals surface area contributed by atoms with E-state index in [4.69, 9.17) is 11.3 Å². The average Bonchev–Trinajstić information content (AvgIpc) is 3.31. The van der Waals surface area contributed by atoms with Crippen molar-refractivity contribution in [3.05, 3.63) is 45.2 Å². The smallest absolute Gasteiger partial charge is 0.163 e. The maximum absolute atomic E-state index is 9.60. The van der Waals surface area contributed by atoms with Crippen LogP contribution in [0.3, 0.4) is 0 Å². The van der Waals surface area contributed by atoms with E-state index in [0.717, 1.165) is 36.2 Å². The quantitative estimate of drug-likeness (QED) is 0.324. The van der Waals surface area contributed by atoms with E-state index >= 15 is 0 Å². The van der Waals surface area contributed by atoms with Gasteiger partial charge < -0.3 is 11.1 Å². The topological polar surface area (TPSA) is 159 Å². The zero-order chi connectivity index (χ0) is 22.0. The third-order valence-electron chi connectivity index (χ3n) is 6.00. The molecule has 160 valence electrons. The molecule has 3 aromatic heterocycles. The second-order valence-corrected chi connectivity index (χ2v) is 7.77. The predicted octanol–water partition coefficient (Wildman–Crippen LogP) is 3.17. The molecule has 2 unspecified atom stereocenters. The van der Waals surface area contributed by atoms with Gasteiger partial charge in [0.1, 0.15) is 23.3 Å². The number of fused-ring (bicyclic) bond motifs is 1. The Kier molecular flexibility index (Phi) is 5.64. The van der Waals surface area contributed by atoms with E-state index in [0.29, 0.717) is 48.5 Å². The Bertz CT molecular complexity index is 1190. The van der Waals surface area contributed by atoms with E-state index in [-0.39, 0.29) is 5.82 Å². The summed E-state index contributed by atoms with van der Waals surface area (Å²) < 4.78 is 3.52. The number of nitrogen functional groups attached to an aromatic ring is 1. The van der Waals surface area contributed by atoms with Crippen molar-refractivity contribution in [2.24, 2.45) is 11.0 Å². The molecule has 31 heavy (non-hydrogen) atoms. The monoisotopic (exact) mass is 419 g/mol. The number of aryl methyl sites for hydroxylation is 2. The van der Waals surface area contributed by atoms with Gasteiger partial charge in [-0.3, -0.25) is 4.68 Å². The SMILES string of the molecule is CCc1c(C)nn2c(N)c(C#N)c(NCCc3ccn(C4CCC4CN=[N+]=[N-])n3)nc12. The molecule has 1 saturated carbocycles. The zero-order valence-electron chi connectivity index (χ0n) is 17.7. The minimum atomic E-state index is 0.290. The van der Waals surface area contributed by atoms with Crippen LogP contribution in [0.2, 0.25) is 0 Å². The van der Waals surface area contributed by atoms with E-state index in [1.165, 1.54) is 0 Å². The van der Waals surface area contributed by atoms with Crippen molar-refractivity contribution in [1.29, 1.82) is 5.26 Å². The van der Waals surface area contributed by atoms with Crippen molar-refractivity contribution in [3.8, 4) is 6.07 Å². The summed E-state index contributed by atoms with van der Waals surface area (Å²) in [5.74, 6) is 1.11. The van der Waals surface area contributed by atoms with Gasteiger partial charge in [0.15, 0.2) is 5.65 Å². The van der Waals surface area contributed by atoms with Crippen molar-refractivity contribution >= 4 is 17.3 Å². The Labute approximate surface area is 179 Å². The fourth-order valence-electron chi connectivity index (χ4n) is 4.13. The van der Waals surface area contributed by atoms with Crippen LogP contribution in [0.4, 0.5) is 11.6 Å². The summed E-state index contributed by atoms with van der Waals surface area (Å²) in [4.78, 5) is 7.50. The molecule has 11 heteroatoms. The first-order valence-electron chi connectivity index (χ1n) is 10.4. The van der Waals surface area contributed by atoms with Crippen LogP contribution in [0.5, 0.6) is 0 Å². The van der Waals surface area contributed by atoms with Crippen molar-refractivity contribution in [3.63, 3.8) is 0 Å². The van der Waals surface area contributed by atoms with Gasteiger partial charge in [-0.15, -0.1) is 0 Å². The Morgan fingerprint density at radius 3 is 2.94 bits per heavy atom. The molecule has 0 aromatic carbocycles. The molecule has 2 atom stereocenters. The average molecular weight is 419 g/mol. The van der Waals surface area contributed by atoms with Crippen LogP contribution < -0.4 is 11.1 Å². The van der Waals surface area contributed by atoms with Gasteiger partial charge in [-0.05, 0) is 43.7 Å². The second-order valence-electron chi connectivity index (χ2n) is 7.77. The van der Waals surface area contributed by atoms with Crippen LogP contribution in [0.15, 0.2) is 17.4 Å². The first-order chi connectivity index (χ1) is 15.1. The number of nitriles is 1. The van der Waals surface area contributed by atoms with Crippen molar-refractivity contribution in [2.45, 2.75) is 45.6 Å². The third-order valence-corrected chi connectivity index (χ3v) is 6.00. The van der Waals surface area contributed by atoms with Crippen LogP contribution in [-0.4, -0.2) is 37.5 Å². The van der Waals surface area contributed by atoms with Crippen LogP contribution >= 0.6 is 0 Å². The lowest BCUT2D eigenvalue weighted by atomic mass is 9.80. The molecule has 0 aliphatic heterocycles. The highest BCUT2D eigenvalue weighted by Gasteiger charge is 2.32. The minimum Gasteiger partial charge on any atom is -0.382 e. The maximum Gasteiger partial charge on any atom is 0.163 e. The number of rotatable bonds is 8. The molecule has 0 saturated heterocycles. The number of nitrogens with zero attached hydrogens (tertiary/aromatic N) is 9. The number of azide groups is 1. The maximum atomic E-state index is 9.60. The van der Waals surface area contributed by atoms with Crippen molar-refractivity contribution in [1.82, 2.24) is 24.4 Å². The van der Waals surface area contributed by atoms with Gasteiger partial charge in [0.05, 0.1) is 17.4 Å². The van der Waals surface area contributed by atoms with Gasteiger partial charge in [-0.1, -0.05) is 12.0 Å². The first-order valence-corrected chi connectivity index (χ1v) is 10.4. The highest BCUT2D eigenvalue weighted by molar-refractivity contribution is 5.69. The largest absolute Gasteiger partial charge is 0.382 e. The predicted molar refractivity (Wildman–Crippen MR) is 116 cm³/mol. The molecule has 3 heterocycles. The summed E-state index contributed by atoms with van der Waals surface area (Å²) in [5.41, 5.74) is 18.5. The molecule has 0 amide bonds. The van der Waals surface area contributed by atoms with E-state index < -0.39 is 0 Å². The lowest BCUT2D eigenvalue weighted by Crippen LogP contribution is -2.31. The Balaban J connectivity index is 1.46. The minimum absolute atomic E-state index is 0.290. The van der Waals surface area contributed by atoms with E-state index in [1.807, 2.05) is 30.8 Å². The van der Waals surface area contributed by atoms with E-state index in [9.17, 15) is 5.26 Å². The Morgan fingerprint density at radius 1 is 1.42 bits per heavy atom. The molecule has 0 radical (unpaired) electrons. The van der Waals surface area contributed by atoms with Gasteiger partial charge >= 0.3 is 0 Å². The highest BCUT2D eigenvalue weighted by atomic mass is 15.3. The molecule has 4 rings (SSSR count). The molecule has 1 aliphatic carbocycles. The standard InChI is InChI=1S/C20H25N11/c1-3-15-12(2)27-31-18(22)16(10-21)19(26-20(15)31)24-8-6-14-7-9-30(28-14)17-5-4-13(17)11-25-29-23/h7,9,13,17H,3-6,8,11,22H2,1-2H3,(H,24,26). The Morgan fingerprint density at radius 2 is 2.26 bits per heavy atom. The van der Waals surface area contributed by atoms with E-state index in [1.54, 1.807) is 4.52 Å². The zero-order valence-corrected chi connectivity index (χ0v) is 17.7. The Hall–Kier alpha value is -3.77. The molecule has 1 aliphatic rings. The van der Waals surface area contributed by atoms with Gasteiger partial charge in [-0.2, -0.15) is 20.0 Å². The number of hydrogen-bond donors (Lipinski definition) is 2. The number of hydrogen-bond acceptors (Lipinski definition) is 7. The first kappa shape index (κ1) is 20.5. The molecule has 3 aromatic rings. The molecule has 0 bridgehead atoms. The molecular formula is C20H25N11. The van der Waals surface area contributed by atoms with Crippen LogP contribution in [0.1, 0.15) is 48.3 Å². The van der Waals surface area contributed by atoms with Crippen LogP contribution in [0, 0.1) is 24.2 Å². The summed E-state index contributed by atoms with van der Waals surface area (Å²) in [6.07, 6.45) is 5.54. The van der Waals surface area contributed by atoms with E-state index in [2.05, 4.69) is 36.6 Å². The summed E-state index contributed by atoms with van der Waals surface area (Å²) in [5, 5.41) is 25.7. The molecule has 1 fully saturated rings. The summed E-state index contributed by atoms with van der Waals surface area (Å²) in [6.45, 7) is 5.04. The summed E-state index contributed by atoms with van der Waals surface area (Å²) in [6, 6.07) is 4.43. The molecular weight excluding hydrogens is 394 g/mol. The van der Waals surface area contributed by atoms with Crippen LogP contribution in [-0.2, 0) is 12.8 Å². The van der Waals surface area contributed by atoms with Gasteiger partial charge in [0, 0.05) is 36.2 Å². The fraction of sp³-hybridized carbons (Fsp3) is 0.500. The van der Waals surface area contributed by atoms with Crippen molar-refractivity contribution < 1.29 is 0 Å². The second kappa shape index (κ2) is 8.53.